The number of hydrogen-bond acceptors (Lipinski definition) is 4. The lowest BCUT2D eigenvalue weighted by Crippen LogP contribution is -3.18. The molecule has 1 aromatic carbocycles. The van der Waals surface area contributed by atoms with Gasteiger partial charge in [0.2, 0.25) is 0 Å². The number of halogens is 1. The zero-order valence-corrected chi connectivity index (χ0v) is 15.0. The number of hydrogen-bond donors (Lipinski definition) is 1. The number of amides is 1. The predicted molar refractivity (Wildman–Crippen MR) is 91.3 cm³/mol. The largest absolute Gasteiger partial charge is 0.484 e. The third-order valence-electron chi connectivity index (χ3n) is 4.74. The first kappa shape index (κ1) is 17.5. The summed E-state index contributed by atoms with van der Waals surface area (Å²) < 4.78 is 28.7. The third-order valence-corrected chi connectivity index (χ3v) is 6.76. The number of sulfone groups is 1. The Morgan fingerprint density at radius 2 is 1.92 bits per heavy atom. The van der Waals surface area contributed by atoms with Crippen LogP contribution in [0.2, 0.25) is 5.02 Å². The summed E-state index contributed by atoms with van der Waals surface area (Å²) in [6, 6.07) is 7.10. The number of quaternary nitrogens is 1. The molecule has 2 fully saturated rings. The molecule has 0 aromatic heterocycles. The Labute approximate surface area is 147 Å². The standard InChI is InChI=1S/C16H21ClN2O4S/c17-13-1-3-15(4-2-13)23-11-16(20)19-8-6-18(7-9-19)14-5-10-24(21,22)12-14/h1-4,14H,5-12H2/p+1/t14-/m1/s1. The molecule has 0 saturated carbocycles. The molecule has 132 valence electrons. The van der Waals surface area contributed by atoms with Crippen molar-refractivity contribution in [3.8, 4) is 5.75 Å². The second-order valence-corrected chi connectivity index (χ2v) is 9.05. The fourth-order valence-electron chi connectivity index (χ4n) is 3.34. The summed E-state index contributed by atoms with van der Waals surface area (Å²) in [4.78, 5) is 15.3. The topological polar surface area (TPSA) is 68.1 Å². The van der Waals surface area contributed by atoms with Crippen molar-refractivity contribution in [1.29, 1.82) is 0 Å². The van der Waals surface area contributed by atoms with Crippen LogP contribution in [0.4, 0.5) is 0 Å². The van der Waals surface area contributed by atoms with E-state index in [1.54, 1.807) is 29.2 Å². The maximum Gasteiger partial charge on any atom is 0.260 e. The Balaban J connectivity index is 1.44. The molecular weight excluding hydrogens is 352 g/mol. The first-order valence-corrected chi connectivity index (χ1v) is 10.3. The van der Waals surface area contributed by atoms with Crippen LogP contribution in [0.25, 0.3) is 0 Å². The van der Waals surface area contributed by atoms with Gasteiger partial charge in [0.25, 0.3) is 5.91 Å². The Bertz CT molecular complexity index is 685. The van der Waals surface area contributed by atoms with Gasteiger partial charge in [-0.1, -0.05) is 11.6 Å². The van der Waals surface area contributed by atoms with Crippen LogP contribution in [-0.4, -0.2) is 69.6 Å². The summed E-state index contributed by atoms with van der Waals surface area (Å²) in [6.45, 7) is 2.90. The van der Waals surface area contributed by atoms with Gasteiger partial charge in [0.1, 0.15) is 17.5 Å². The molecule has 0 aliphatic carbocycles. The average Bonchev–Trinajstić information content (AvgIpc) is 2.94. The van der Waals surface area contributed by atoms with Crippen molar-refractivity contribution >= 4 is 27.3 Å². The molecule has 0 radical (unpaired) electrons. The monoisotopic (exact) mass is 373 g/mol. The molecule has 2 aliphatic rings. The van der Waals surface area contributed by atoms with E-state index in [1.165, 1.54) is 4.90 Å². The van der Waals surface area contributed by atoms with Crippen molar-refractivity contribution in [2.45, 2.75) is 12.5 Å². The lowest BCUT2D eigenvalue weighted by atomic mass is 10.2. The van der Waals surface area contributed by atoms with Crippen molar-refractivity contribution < 1.29 is 22.8 Å². The van der Waals surface area contributed by atoms with Crippen LogP contribution in [0.1, 0.15) is 6.42 Å². The van der Waals surface area contributed by atoms with Crippen LogP contribution in [0, 0.1) is 0 Å². The molecule has 2 saturated heterocycles. The van der Waals surface area contributed by atoms with E-state index in [-0.39, 0.29) is 24.3 Å². The maximum atomic E-state index is 12.2. The SMILES string of the molecule is O=C(COc1ccc(Cl)cc1)N1CC[NH+]([C@@H]2CCS(=O)(=O)C2)CC1. The molecule has 1 N–H and O–H groups in total. The summed E-state index contributed by atoms with van der Waals surface area (Å²) in [5, 5.41) is 0.627. The minimum Gasteiger partial charge on any atom is -0.484 e. The van der Waals surface area contributed by atoms with Gasteiger partial charge in [0, 0.05) is 11.4 Å². The first-order valence-electron chi connectivity index (χ1n) is 8.14. The molecule has 1 amide bonds. The van der Waals surface area contributed by atoms with E-state index in [1.807, 2.05) is 0 Å². The fourth-order valence-corrected chi connectivity index (χ4v) is 5.29. The summed E-state index contributed by atoms with van der Waals surface area (Å²) >= 11 is 5.81. The van der Waals surface area contributed by atoms with Gasteiger partial charge in [-0.2, -0.15) is 0 Å². The Hall–Kier alpha value is -1.31. The number of nitrogens with one attached hydrogen (secondary N) is 1. The van der Waals surface area contributed by atoms with Crippen LogP contribution >= 0.6 is 11.6 Å². The summed E-state index contributed by atoms with van der Waals surface area (Å²) in [7, 11) is -2.85. The van der Waals surface area contributed by atoms with Crippen LogP contribution in [-0.2, 0) is 14.6 Å². The highest BCUT2D eigenvalue weighted by atomic mass is 35.5. The summed E-state index contributed by atoms with van der Waals surface area (Å²) in [5.41, 5.74) is 0. The van der Waals surface area contributed by atoms with E-state index in [4.69, 9.17) is 16.3 Å². The molecule has 2 heterocycles. The van der Waals surface area contributed by atoms with Gasteiger partial charge in [-0.3, -0.25) is 4.79 Å². The summed E-state index contributed by atoms with van der Waals surface area (Å²) in [5.74, 6) is 1.17. The highest BCUT2D eigenvalue weighted by molar-refractivity contribution is 7.91. The predicted octanol–water partition coefficient (Wildman–Crippen LogP) is -0.367. The molecule has 24 heavy (non-hydrogen) atoms. The molecule has 0 spiro atoms. The van der Waals surface area contributed by atoms with Crippen molar-refractivity contribution in [2.24, 2.45) is 0 Å². The molecule has 0 unspecified atom stereocenters. The number of carbonyl (C=O) groups excluding carboxylic acids is 1. The highest BCUT2D eigenvalue weighted by Gasteiger charge is 2.37. The fraction of sp³-hybridized carbons (Fsp3) is 0.562. The van der Waals surface area contributed by atoms with Crippen LogP contribution in [0.15, 0.2) is 24.3 Å². The quantitative estimate of drug-likeness (QED) is 0.782. The molecule has 1 aromatic rings. The van der Waals surface area contributed by atoms with Gasteiger partial charge in [0.05, 0.1) is 31.9 Å². The Morgan fingerprint density at radius 1 is 1.25 bits per heavy atom. The van der Waals surface area contributed by atoms with Gasteiger partial charge in [-0.25, -0.2) is 8.42 Å². The third kappa shape index (κ3) is 4.40. The zero-order valence-electron chi connectivity index (χ0n) is 13.4. The van der Waals surface area contributed by atoms with E-state index in [2.05, 4.69) is 0 Å². The summed E-state index contributed by atoms with van der Waals surface area (Å²) in [6.07, 6.45) is 0.741. The average molecular weight is 374 g/mol. The van der Waals surface area contributed by atoms with Crippen LogP contribution in [0.3, 0.4) is 0 Å². The number of carbonyl (C=O) groups is 1. The molecule has 6 nitrogen and oxygen atoms in total. The lowest BCUT2D eigenvalue weighted by Gasteiger charge is -2.34. The molecule has 0 bridgehead atoms. The van der Waals surface area contributed by atoms with Crippen molar-refractivity contribution in [3.63, 3.8) is 0 Å². The van der Waals surface area contributed by atoms with E-state index in [9.17, 15) is 13.2 Å². The second-order valence-electron chi connectivity index (χ2n) is 6.38. The molecular formula is C16H22ClN2O4S+. The van der Waals surface area contributed by atoms with Crippen molar-refractivity contribution in [3.05, 3.63) is 29.3 Å². The number of rotatable bonds is 4. The number of nitrogens with zero attached hydrogens (tertiary/aromatic N) is 1. The van der Waals surface area contributed by atoms with Crippen LogP contribution < -0.4 is 9.64 Å². The minimum atomic E-state index is -2.85. The van der Waals surface area contributed by atoms with Gasteiger partial charge in [0.15, 0.2) is 16.4 Å². The van der Waals surface area contributed by atoms with E-state index < -0.39 is 9.84 Å². The van der Waals surface area contributed by atoms with E-state index >= 15 is 0 Å². The first-order chi connectivity index (χ1) is 11.4. The van der Waals surface area contributed by atoms with Gasteiger partial charge < -0.3 is 14.5 Å². The van der Waals surface area contributed by atoms with Crippen molar-refractivity contribution in [2.75, 3.05) is 44.3 Å². The van der Waals surface area contributed by atoms with E-state index in [0.717, 1.165) is 19.5 Å². The number of ether oxygens (including phenoxy) is 1. The Kier molecular flexibility index (Phi) is 5.32. The van der Waals surface area contributed by atoms with Gasteiger partial charge in [-0.15, -0.1) is 0 Å². The van der Waals surface area contributed by atoms with Gasteiger partial charge >= 0.3 is 0 Å². The highest BCUT2D eigenvalue weighted by Crippen LogP contribution is 2.15. The normalized spacial score (nSPS) is 24.0. The number of benzene rings is 1. The smallest absolute Gasteiger partial charge is 0.260 e. The second kappa shape index (κ2) is 7.29. The van der Waals surface area contributed by atoms with Gasteiger partial charge in [-0.05, 0) is 24.3 Å². The maximum absolute atomic E-state index is 12.2. The molecule has 3 rings (SSSR count). The molecule has 2 aliphatic heterocycles. The number of piperazine rings is 1. The van der Waals surface area contributed by atoms with E-state index in [0.29, 0.717) is 29.6 Å². The zero-order chi connectivity index (χ0) is 17.2. The lowest BCUT2D eigenvalue weighted by molar-refractivity contribution is -0.925. The Morgan fingerprint density at radius 3 is 2.50 bits per heavy atom. The van der Waals surface area contributed by atoms with Crippen LogP contribution in [0.5, 0.6) is 5.75 Å². The van der Waals surface area contributed by atoms with Crippen molar-refractivity contribution in [1.82, 2.24) is 4.90 Å². The molecule has 1 atom stereocenters. The minimum absolute atomic E-state index is 0.00870. The molecule has 8 heteroatoms.